The summed E-state index contributed by atoms with van der Waals surface area (Å²) >= 11 is 0. The smallest absolute Gasteiger partial charge is 0.254 e. The summed E-state index contributed by atoms with van der Waals surface area (Å²) in [6.45, 7) is 0.252. The Kier molecular flexibility index (Phi) is 5.88. The van der Waals surface area contributed by atoms with E-state index in [0.29, 0.717) is 11.3 Å². The molecule has 0 spiro atoms. The lowest BCUT2D eigenvalue weighted by molar-refractivity contribution is -0.131. The van der Waals surface area contributed by atoms with Gasteiger partial charge in [-0.05, 0) is 29.8 Å². The summed E-state index contributed by atoms with van der Waals surface area (Å²) < 4.78 is 24.2. The summed E-state index contributed by atoms with van der Waals surface area (Å²) in [5, 5.41) is 11.5. The first kappa shape index (κ1) is 17.4. The minimum atomic E-state index is -1.06. The van der Waals surface area contributed by atoms with Gasteiger partial charge in [-0.1, -0.05) is 12.1 Å². The Balaban J connectivity index is 2.07. The van der Waals surface area contributed by atoms with Crippen molar-refractivity contribution in [2.24, 2.45) is 0 Å². The first-order valence-electron chi connectivity index (χ1n) is 7.22. The largest absolute Gasteiger partial charge is 0.497 e. The van der Waals surface area contributed by atoms with Crippen LogP contribution in [0.25, 0.3) is 0 Å². The van der Waals surface area contributed by atoms with Crippen molar-refractivity contribution < 1.29 is 18.7 Å². The van der Waals surface area contributed by atoms with Gasteiger partial charge in [0.2, 0.25) is 0 Å². The minimum Gasteiger partial charge on any atom is -0.497 e. The fourth-order valence-corrected chi connectivity index (χ4v) is 2.20. The average Bonchev–Trinajstić information content (AvgIpc) is 2.62. The van der Waals surface area contributed by atoms with Gasteiger partial charge in [0.25, 0.3) is 5.91 Å². The van der Waals surface area contributed by atoms with Gasteiger partial charge in [0.1, 0.15) is 11.6 Å². The molecule has 1 amide bonds. The molecule has 6 heteroatoms. The normalized spacial score (nSPS) is 11.4. The fraction of sp³-hybridized carbons (Fsp3) is 0.222. The molecular weight excluding hydrogens is 311 g/mol. The molecule has 5 nitrogen and oxygen atoms in total. The molecule has 0 aliphatic carbocycles. The third-order valence-electron chi connectivity index (χ3n) is 3.51. The van der Waals surface area contributed by atoms with E-state index in [1.807, 2.05) is 6.07 Å². The summed E-state index contributed by atoms with van der Waals surface area (Å²) in [6, 6.07) is 13.1. The number of amides is 1. The Bertz CT molecular complexity index is 754. The maximum absolute atomic E-state index is 14.1. The Labute approximate surface area is 139 Å². The van der Waals surface area contributed by atoms with Crippen LogP contribution in [-0.4, -0.2) is 20.1 Å². The van der Waals surface area contributed by atoms with Crippen molar-refractivity contribution in [1.82, 2.24) is 5.32 Å². The number of ether oxygens (including phenoxy) is 2. The van der Waals surface area contributed by atoms with Crippen molar-refractivity contribution in [2.75, 3.05) is 14.2 Å². The van der Waals surface area contributed by atoms with E-state index in [2.05, 4.69) is 5.32 Å². The number of hydrogen-bond donors (Lipinski definition) is 1. The van der Waals surface area contributed by atoms with Crippen molar-refractivity contribution in [3.8, 4) is 11.8 Å². The molecule has 1 atom stereocenters. The molecule has 0 heterocycles. The molecule has 2 rings (SSSR count). The third-order valence-corrected chi connectivity index (χ3v) is 3.51. The van der Waals surface area contributed by atoms with Crippen LogP contribution >= 0.6 is 0 Å². The van der Waals surface area contributed by atoms with Crippen LogP contribution < -0.4 is 10.1 Å². The van der Waals surface area contributed by atoms with E-state index in [0.717, 1.165) is 5.56 Å². The van der Waals surface area contributed by atoms with Gasteiger partial charge in [-0.3, -0.25) is 4.79 Å². The molecular formula is C18H17FN2O3. The highest BCUT2D eigenvalue weighted by molar-refractivity contribution is 5.82. The van der Waals surface area contributed by atoms with Gasteiger partial charge in [-0.15, -0.1) is 0 Å². The molecule has 0 fully saturated rings. The second kappa shape index (κ2) is 8.09. The van der Waals surface area contributed by atoms with Crippen LogP contribution in [0.5, 0.6) is 5.75 Å². The average molecular weight is 328 g/mol. The van der Waals surface area contributed by atoms with Crippen molar-refractivity contribution in [2.45, 2.75) is 12.6 Å². The molecule has 2 aromatic rings. The van der Waals surface area contributed by atoms with Crippen molar-refractivity contribution >= 4 is 5.91 Å². The maximum atomic E-state index is 14.1. The summed E-state index contributed by atoms with van der Waals surface area (Å²) in [5.74, 6) is -0.662. The molecule has 1 N–H and O–H groups in total. The molecule has 0 aromatic heterocycles. The summed E-state index contributed by atoms with van der Waals surface area (Å²) in [7, 11) is 2.78. The maximum Gasteiger partial charge on any atom is 0.254 e. The number of nitrogens with one attached hydrogen (secondary N) is 1. The zero-order valence-electron chi connectivity index (χ0n) is 13.4. The Hall–Kier alpha value is -2.91. The molecule has 2 aromatic carbocycles. The van der Waals surface area contributed by atoms with Crippen LogP contribution in [0.3, 0.4) is 0 Å². The number of halogens is 1. The SMILES string of the molecule is COc1ccc([C@H](OC)C(=O)NCc2ccc(C#N)cc2)c(F)c1. The van der Waals surface area contributed by atoms with Gasteiger partial charge in [0.05, 0.1) is 18.7 Å². The van der Waals surface area contributed by atoms with Gasteiger partial charge < -0.3 is 14.8 Å². The molecule has 0 aliphatic heterocycles. The van der Waals surface area contributed by atoms with Gasteiger partial charge in [-0.25, -0.2) is 4.39 Å². The highest BCUT2D eigenvalue weighted by atomic mass is 19.1. The van der Waals surface area contributed by atoms with E-state index in [-0.39, 0.29) is 12.1 Å². The Morgan fingerprint density at radius 3 is 2.50 bits per heavy atom. The Morgan fingerprint density at radius 2 is 1.96 bits per heavy atom. The van der Waals surface area contributed by atoms with Crippen LogP contribution in [0.4, 0.5) is 4.39 Å². The quantitative estimate of drug-likeness (QED) is 0.885. The van der Waals surface area contributed by atoms with Crippen molar-refractivity contribution in [3.63, 3.8) is 0 Å². The topological polar surface area (TPSA) is 71.3 Å². The van der Waals surface area contributed by atoms with E-state index in [1.165, 1.54) is 26.4 Å². The predicted molar refractivity (Wildman–Crippen MR) is 85.7 cm³/mol. The number of nitrogens with zero attached hydrogens (tertiary/aromatic N) is 1. The van der Waals surface area contributed by atoms with Crippen molar-refractivity contribution in [1.29, 1.82) is 5.26 Å². The molecule has 0 unspecified atom stereocenters. The van der Waals surface area contributed by atoms with E-state index in [4.69, 9.17) is 14.7 Å². The molecule has 0 saturated carbocycles. The molecule has 0 aliphatic rings. The van der Waals surface area contributed by atoms with Crippen LogP contribution in [-0.2, 0) is 16.1 Å². The highest BCUT2D eigenvalue weighted by Crippen LogP contribution is 2.24. The van der Waals surface area contributed by atoms with Crippen LogP contribution in [0.2, 0.25) is 0 Å². The number of hydrogen-bond acceptors (Lipinski definition) is 4. The van der Waals surface area contributed by atoms with Crippen LogP contribution in [0.15, 0.2) is 42.5 Å². The van der Waals surface area contributed by atoms with Crippen LogP contribution in [0.1, 0.15) is 22.8 Å². The second-order valence-corrected chi connectivity index (χ2v) is 5.03. The lowest BCUT2D eigenvalue weighted by Crippen LogP contribution is -2.30. The number of carbonyl (C=O) groups is 1. The van der Waals surface area contributed by atoms with E-state index < -0.39 is 17.8 Å². The molecule has 124 valence electrons. The standard InChI is InChI=1S/C18H17FN2O3/c1-23-14-7-8-15(16(19)9-14)17(24-2)18(22)21-11-13-5-3-12(10-20)4-6-13/h3-9,17H,11H2,1-2H3,(H,21,22)/t17-/m0/s1. The zero-order chi connectivity index (χ0) is 17.5. The number of nitriles is 1. The number of carbonyl (C=O) groups excluding carboxylic acids is 1. The number of methoxy groups -OCH3 is 2. The van der Waals surface area contributed by atoms with Gasteiger partial charge in [0, 0.05) is 25.3 Å². The molecule has 0 radical (unpaired) electrons. The third kappa shape index (κ3) is 4.09. The lowest BCUT2D eigenvalue weighted by atomic mass is 10.1. The molecule has 0 saturated heterocycles. The summed E-state index contributed by atoms with van der Waals surface area (Å²) in [4.78, 5) is 12.3. The van der Waals surface area contributed by atoms with Crippen molar-refractivity contribution in [3.05, 3.63) is 65.0 Å². The number of rotatable bonds is 6. The lowest BCUT2D eigenvalue weighted by Gasteiger charge is -2.17. The highest BCUT2D eigenvalue weighted by Gasteiger charge is 2.23. The van der Waals surface area contributed by atoms with Gasteiger partial charge in [0.15, 0.2) is 6.10 Å². The summed E-state index contributed by atoms with van der Waals surface area (Å²) in [6.07, 6.45) is -1.06. The van der Waals surface area contributed by atoms with Gasteiger partial charge >= 0.3 is 0 Å². The van der Waals surface area contributed by atoms with Crippen LogP contribution in [0, 0.1) is 17.1 Å². The summed E-state index contributed by atoms with van der Waals surface area (Å²) in [5.41, 5.74) is 1.50. The van der Waals surface area contributed by atoms with E-state index in [1.54, 1.807) is 30.3 Å². The second-order valence-electron chi connectivity index (χ2n) is 5.03. The minimum absolute atomic E-state index is 0.135. The molecule has 0 bridgehead atoms. The molecule has 24 heavy (non-hydrogen) atoms. The van der Waals surface area contributed by atoms with Gasteiger partial charge in [-0.2, -0.15) is 5.26 Å². The number of benzene rings is 2. The Morgan fingerprint density at radius 1 is 1.25 bits per heavy atom. The first-order chi connectivity index (χ1) is 11.6. The zero-order valence-corrected chi connectivity index (χ0v) is 13.4. The van der Waals surface area contributed by atoms with E-state index >= 15 is 0 Å². The monoisotopic (exact) mass is 328 g/mol. The van der Waals surface area contributed by atoms with E-state index in [9.17, 15) is 9.18 Å². The fourth-order valence-electron chi connectivity index (χ4n) is 2.20. The first-order valence-corrected chi connectivity index (χ1v) is 7.22. The predicted octanol–water partition coefficient (Wildman–Crippen LogP) is 2.71.